The zero-order chi connectivity index (χ0) is 21.9. The fourth-order valence-electron chi connectivity index (χ4n) is 3.18. The van der Waals surface area contributed by atoms with Crippen molar-refractivity contribution < 1.29 is 14.3 Å². The minimum atomic E-state index is -0.592. The van der Waals surface area contributed by atoms with Gasteiger partial charge in [-0.15, -0.1) is 0 Å². The quantitative estimate of drug-likeness (QED) is 0.523. The van der Waals surface area contributed by atoms with E-state index in [2.05, 4.69) is 12.2 Å². The lowest BCUT2D eigenvalue weighted by molar-refractivity contribution is -0.143. The number of halogens is 1. The van der Waals surface area contributed by atoms with Crippen LogP contribution < -0.4 is 10.1 Å². The zero-order valence-corrected chi connectivity index (χ0v) is 18.7. The molecule has 0 radical (unpaired) electrons. The van der Waals surface area contributed by atoms with Crippen molar-refractivity contribution in [2.75, 3.05) is 13.2 Å². The molecule has 0 aliphatic rings. The van der Waals surface area contributed by atoms with E-state index in [0.717, 1.165) is 24.0 Å². The van der Waals surface area contributed by atoms with Crippen LogP contribution in [0.4, 0.5) is 0 Å². The molecule has 0 bridgehead atoms. The summed E-state index contributed by atoms with van der Waals surface area (Å²) >= 11 is 6.33. The van der Waals surface area contributed by atoms with E-state index in [-0.39, 0.29) is 25.0 Å². The molecule has 6 heteroatoms. The second-order valence-electron chi connectivity index (χ2n) is 7.24. The van der Waals surface area contributed by atoms with E-state index in [1.807, 2.05) is 56.3 Å². The summed E-state index contributed by atoms with van der Waals surface area (Å²) in [7, 11) is 0. The van der Waals surface area contributed by atoms with Crippen molar-refractivity contribution in [1.29, 1.82) is 0 Å². The number of unbranched alkanes of at least 4 members (excludes halogenated alkanes) is 1. The Bertz CT molecular complexity index is 841. The Labute approximate surface area is 184 Å². The Balaban J connectivity index is 2.20. The third-order valence-electron chi connectivity index (χ3n) is 4.96. The normalized spacial score (nSPS) is 11.6. The fourth-order valence-corrected chi connectivity index (χ4v) is 3.37. The van der Waals surface area contributed by atoms with Gasteiger partial charge in [0.15, 0.2) is 6.61 Å². The van der Waals surface area contributed by atoms with Crippen molar-refractivity contribution in [2.45, 2.75) is 52.6 Å². The van der Waals surface area contributed by atoms with Crippen LogP contribution in [0.5, 0.6) is 5.75 Å². The molecule has 2 rings (SSSR count). The third-order valence-corrected chi connectivity index (χ3v) is 5.33. The first-order valence-corrected chi connectivity index (χ1v) is 10.8. The molecule has 0 heterocycles. The zero-order valence-electron chi connectivity index (χ0n) is 18.0. The van der Waals surface area contributed by atoms with Crippen LogP contribution in [-0.4, -0.2) is 35.9 Å². The van der Waals surface area contributed by atoms with Gasteiger partial charge in [-0.2, -0.15) is 0 Å². The molecule has 0 aromatic heterocycles. The lowest BCUT2D eigenvalue weighted by atomic mass is 10.1. The molecule has 0 aliphatic heterocycles. The minimum absolute atomic E-state index is 0.145. The standard InChI is InChI=1S/C24H31ClN2O3/c1-4-6-15-26-24(29)21(5-2)27(16-19-12-8-9-13-20(19)25)23(28)17-30-22-14-10-7-11-18(22)3/h7-14,21H,4-6,15-17H2,1-3H3,(H,26,29)/t21-/m1/s1. The Hall–Kier alpha value is -2.53. The van der Waals surface area contributed by atoms with Crippen molar-refractivity contribution in [2.24, 2.45) is 0 Å². The SMILES string of the molecule is CCCCNC(=O)[C@@H](CC)N(Cc1ccccc1Cl)C(=O)COc1ccccc1C. The summed E-state index contributed by atoms with van der Waals surface area (Å²) in [5.41, 5.74) is 1.75. The maximum Gasteiger partial charge on any atom is 0.261 e. The second kappa shape index (κ2) is 12.2. The van der Waals surface area contributed by atoms with Crippen molar-refractivity contribution in [3.63, 3.8) is 0 Å². The number of nitrogens with zero attached hydrogens (tertiary/aromatic N) is 1. The van der Waals surface area contributed by atoms with Gasteiger partial charge in [0.1, 0.15) is 11.8 Å². The van der Waals surface area contributed by atoms with Gasteiger partial charge < -0.3 is 15.0 Å². The predicted molar refractivity (Wildman–Crippen MR) is 121 cm³/mol. The summed E-state index contributed by atoms with van der Waals surface area (Å²) in [5, 5.41) is 3.51. The van der Waals surface area contributed by atoms with Gasteiger partial charge in [0.25, 0.3) is 5.91 Å². The van der Waals surface area contributed by atoms with Crippen LogP contribution >= 0.6 is 11.6 Å². The Morgan fingerprint density at radius 3 is 2.47 bits per heavy atom. The monoisotopic (exact) mass is 430 g/mol. The number of aryl methyl sites for hydroxylation is 1. The van der Waals surface area contributed by atoms with E-state index in [4.69, 9.17) is 16.3 Å². The number of amides is 2. The topological polar surface area (TPSA) is 58.6 Å². The van der Waals surface area contributed by atoms with Crippen molar-refractivity contribution >= 4 is 23.4 Å². The smallest absolute Gasteiger partial charge is 0.261 e. The van der Waals surface area contributed by atoms with Gasteiger partial charge in [0, 0.05) is 18.1 Å². The third kappa shape index (κ3) is 6.77. The minimum Gasteiger partial charge on any atom is -0.484 e. The number of carbonyl (C=O) groups excluding carboxylic acids is 2. The first-order chi connectivity index (χ1) is 14.5. The van der Waals surface area contributed by atoms with Gasteiger partial charge in [-0.1, -0.05) is 68.3 Å². The molecule has 2 aromatic rings. The fraction of sp³-hybridized carbons (Fsp3) is 0.417. The molecule has 0 unspecified atom stereocenters. The maximum atomic E-state index is 13.2. The van der Waals surface area contributed by atoms with Gasteiger partial charge >= 0.3 is 0 Å². The highest BCUT2D eigenvalue weighted by Gasteiger charge is 2.29. The molecule has 30 heavy (non-hydrogen) atoms. The first kappa shape index (κ1) is 23.7. The van der Waals surface area contributed by atoms with Gasteiger partial charge in [-0.25, -0.2) is 0 Å². The Morgan fingerprint density at radius 1 is 1.10 bits per heavy atom. The number of carbonyl (C=O) groups is 2. The number of benzene rings is 2. The lowest BCUT2D eigenvalue weighted by Gasteiger charge is -2.31. The molecule has 0 saturated carbocycles. The van der Waals surface area contributed by atoms with Gasteiger partial charge in [-0.05, 0) is 43.0 Å². The highest BCUT2D eigenvalue weighted by atomic mass is 35.5. The number of nitrogens with one attached hydrogen (secondary N) is 1. The molecule has 2 aromatic carbocycles. The first-order valence-electron chi connectivity index (χ1n) is 10.5. The van der Waals surface area contributed by atoms with E-state index in [0.29, 0.717) is 23.7 Å². The van der Waals surface area contributed by atoms with Crippen LogP contribution in [-0.2, 0) is 16.1 Å². The summed E-state index contributed by atoms with van der Waals surface area (Å²) < 4.78 is 5.76. The Morgan fingerprint density at radius 2 is 1.80 bits per heavy atom. The molecule has 0 saturated heterocycles. The maximum absolute atomic E-state index is 13.2. The van der Waals surface area contributed by atoms with Crippen LogP contribution in [0.25, 0.3) is 0 Å². The molecular formula is C24H31ClN2O3. The van der Waals surface area contributed by atoms with Gasteiger partial charge in [0.2, 0.25) is 5.91 Å². The average Bonchev–Trinajstić information content (AvgIpc) is 2.74. The Kier molecular flexibility index (Phi) is 9.68. The summed E-state index contributed by atoms with van der Waals surface area (Å²) in [6.07, 6.45) is 2.39. The summed E-state index contributed by atoms with van der Waals surface area (Å²) in [6.45, 7) is 6.60. The predicted octanol–water partition coefficient (Wildman–Crippen LogP) is 4.75. The summed E-state index contributed by atoms with van der Waals surface area (Å²) in [4.78, 5) is 27.5. The lowest BCUT2D eigenvalue weighted by Crippen LogP contribution is -2.50. The van der Waals surface area contributed by atoms with Gasteiger partial charge in [-0.3, -0.25) is 9.59 Å². The van der Waals surface area contributed by atoms with Crippen molar-refractivity contribution in [3.8, 4) is 5.75 Å². The number of rotatable bonds is 11. The van der Waals surface area contributed by atoms with Gasteiger partial charge in [0.05, 0.1) is 0 Å². The summed E-state index contributed by atoms with van der Waals surface area (Å²) in [6, 6.07) is 14.3. The van der Waals surface area contributed by atoms with E-state index in [1.54, 1.807) is 11.0 Å². The van der Waals surface area contributed by atoms with E-state index >= 15 is 0 Å². The average molecular weight is 431 g/mol. The number of para-hydroxylation sites is 1. The number of hydrogen-bond donors (Lipinski definition) is 1. The van der Waals surface area contributed by atoms with Crippen LogP contribution in [0.15, 0.2) is 48.5 Å². The number of hydrogen-bond acceptors (Lipinski definition) is 3. The van der Waals surface area contributed by atoms with Crippen LogP contribution in [0.2, 0.25) is 5.02 Å². The molecule has 5 nitrogen and oxygen atoms in total. The van der Waals surface area contributed by atoms with Crippen molar-refractivity contribution in [3.05, 3.63) is 64.7 Å². The van der Waals surface area contributed by atoms with Crippen LogP contribution in [0.1, 0.15) is 44.2 Å². The highest BCUT2D eigenvalue weighted by molar-refractivity contribution is 6.31. The van der Waals surface area contributed by atoms with E-state index < -0.39 is 6.04 Å². The van der Waals surface area contributed by atoms with Crippen molar-refractivity contribution in [1.82, 2.24) is 10.2 Å². The molecule has 162 valence electrons. The number of ether oxygens (including phenoxy) is 1. The van der Waals surface area contributed by atoms with E-state index in [1.165, 1.54) is 0 Å². The molecule has 0 spiro atoms. The highest BCUT2D eigenvalue weighted by Crippen LogP contribution is 2.21. The van der Waals surface area contributed by atoms with Crippen LogP contribution in [0.3, 0.4) is 0 Å². The molecule has 2 amide bonds. The molecule has 1 N–H and O–H groups in total. The second-order valence-corrected chi connectivity index (χ2v) is 7.64. The molecule has 0 aliphatic carbocycles. The largest absolute Gasteiger partial charge is 0.484 e. The molecule has 1 atom stereocenters. The van der Waals surface area contributed by atoms with E-state index in [9.17, 15) is 9.59 Å². The van der Waals surface area contributed by atoms with Crippen LogP contribution in [0, 0.1) is 6.92 Å². The summed E-state index contributed by atoms with van der Waals surface area (Å²) in [5.74, 6) is 0.252. The molecule has 0 fully saturated rings. The molecular weight excluding hydrogens is 400 g/mol.